The average Bonchev–Trinajstić information content (AvgIpc) is 2.47. The lowest BCUT2D eigenvalue weighted by Crippen LogP contribution is -2.22. The number of anilines is 1. The Morgan fingerprint density at radius 2 is 1.94 bits per heavy atom. The summed E-state index contributed by atoms with van der Waals surface area (Å²) in [5.41, 5.74) is 1.10. The van der Waals surface area contributed by atoms with Crippen molar-refractivity contribution < 1.29 is 5.11 Å². The summed E-state index contributed by atoms with van der Waals surface area (Å²) in [6, 6.07) is 7.89. The largest absolute Gasteiger partial charge is 0.508 e. The number of phenols is 1. The van der Waals surface area contributed by atoms with Crippen LogP contribution in [0.2, 0.25) is 0 Å². The van der Waals surface area contributed by atoms with Gasteiger partial charge in [0.1, 0.15) is 5.75 Å². The molecular formula is C13H20N2O. The van der Waals surface area contributed by atoms with Gasteiger partial charge in [0.2, 0.25) is 0 Å². The number of hydrogen-bond donors (Lipinski definition) is 2. The van der Waals surface area contributed by atoms with Gasteiger partial charge in [-0.05, 0) is 63.7 Å². The summed E-state index contributed by atoms with van der Waals surface area (Å²) < 4.78 is 0. The van der Waals surface area contributed by atoms with Gasteiger partial charge in [-0.25, -0.2) is 0 Å². The van der Waals surface area contributed by atoms with Gasteiger partial charge in [-0.15, -0.1) is 0 Å². The van der Waals surface area contributed by atoms with Crippen LogP contribution in [0.4, 0.5) is 5.69 Å². The molecule has 0 amide bonds. The van der Waals surface area contributed by atoms with Gasteiger partial charge in [0, 0.05) is 11.7 Å². The molecule has 16 heavy (non-hydrogen) atoms. The number of benzene rings is 1. The lowest BCUT2D eigenvalue weighted by molar-refractivity contribution is 0.348. The number of nitrogens with one attached hydrogen (secondary N) is 1. The Hall–Kier alpha value is -1.22. The minimum absolute atomic E-state index is 0.325. The van der Waals surface area contributed by atoms with Crippen LogP contribution in [0, 0.1) is 0 Å². The van der Waals surface area contributed by atoms with Crippen molar-refractivity contribution in [1.29, 1.82) is 0 Å². The van der Waals surface area contributed by atoms with Gasteiger partial charge in [-0.2, -0.15) is 0 Å². The summed E-state index contributed by atoms with van der Waals surface area (Å²) in [4.78, 5) is 2.39. The summed E-state index contributed by atoms with van der Waals surface area (Å²) in [5, 5.41) is 12.7. The van der Waals surface area contributed by atoms with E-state index in [4.69, 9.17) is 0 Å². The fraction of sp³-hybridized carbons (Fsp3) is 0.538. The SMILES string of the molecule is CN1CCCC(Nc2ccc(O)cc2)CC1. The second kappa shape index (κ2) is 5.21. The zero-order chi connectivity index (χ0) is 11.4. The van der Waals surface area contributed by atoms with Crippen molar-refractivity contribution in [3.05, 3.63) is 24.3 Å². The predicted molar refractivity (Wildman–Crippen MR) is 66.9 cm³/mol. The first-order valence-corrected chi connectivity index (χ1v) is 5.98. The molecular weight excluding hydrogens is 200 g/mol. The van der Waals surface area contributed by atoms with E-state index in [9.17, 15) is 5.11 Å². The van der Waals surface area contributed by atoms with E-state index in [0.717, 1.165) is 12.2 Å². The molecule has 3 heteroatoms. The van der Waals surface area contributed by atoms with Gasteiger partial charge in [0.25, 0.3) is 0 Å². The Morgan fingerprint density at radius 1 is 1.19 bits per heavy atom. The lowest BCUT2D eigenvalue weighted by Gasteiger charge is -2.18. The molecule has 0 bridgehead atoms. The lowest BCUT2D eigenvalue weighted by atomic mass is 10.1. The summed E-state index contributed by atoms with van der Waals surface area (Å²) in [5.74, 6) is 0.325. The van der Waals surface area contributed by atoms with Gasteiger partial charge in [-0.3, -0.25) is 0 Å². The molecule has 0 aliphatic carbocycles. The molecule has 0 radical (unpaired) electrons. The zero-order valence-electron chi connectivity index (χ0n) is 9.82. The summed E-state index contributed by atoms with van der Waals surface area (Å²) >= 11 is 0. The Morgan fingerprint density at radius 3 is 2.69 bits per heavy atom. The average molecular weight is 220 g/mol. The Labute approximate surface area is 97.1 Å². The van der Waals surface area contributed by atoms with Crippen molar-refractivity contribution in [2.45, 2.75) is 25.3 Å². The third kappa shape index (κ3) is 3.14. The van der Waals surface area contributed by atoms with Gasteiger partial charge in [-0.1, -0.05) is 0 Å². The first-order chi connectivity index (χ1) is 7.74. The van der Waals surface area contributed by atoms with Crippen molar-refractivity contribution in [2.24, 2.45) is 0 Å². The van der Waals surface area contributed by atoms with E-state index in [1.165, 1.54) is 25.8 Å². The molecule has 3 nitrogen and oxygen atoms in total. The van der Waals surface area contributed by atoms with Crippen molar-refractivity contribution in [2.75, 3.05) is 25.5 Å². The molecule has 1 unspecified atom stereocenters. The van der Waals surface area contributed by atoms with Crippen LogP contribution in [0.5, 0.6) is 5.75 Å². The van der Waals surface area contributed by atoms with Crippen LogP contribution < -0.4 is 5.32 Å². The molecule has 2 N–H and O–H groups in total. The Balaban J connectivity index is 1.91. The van der Waals surface area contributed by atoms with Crippen molar-refractivity contribution in [1.82, 2.24) is 4.90 Å². The molecule has 1 fully saturated rings. The van der Waals surface area contributed by atoms with Crippen molar-refractivity contribution in [3.63, 3.8) is 0 Å². The highest BCUT2D eigenvalue weighted by molar-refractivity contribution is 5.46. The highest BCUT2D eigenvalue weighted by Gasteiger charge is 2.14. The molecule has 88 valence electrons. The van der Waals surface area contributed by atoms with Crippen LogP contribution in [-0.2, 0) is 0 Å². The van der Waals surface area contributed by atoms with Gasteiger partial charge < -0.3 is 15.3 Å². The molecule has 1 saturated heterocycles. The highest BCUT2D eigenvalue weighted by Crippen LogP contribution is 2.18. The second-order valence-electron chi connectivity index (χ2n) is 4.62. The molecule has 1 atom stereocenters. The normalized spacial score (nSPS) is 22.7. The third-order valence-corrected chi connectivity index (χ3v) is 3.19. The van der Waals surface area contributed by atoms with Crippen LogP contribution in [-0.4, -0.2) is 36.2 Å². The van der Waals surface area contributed by atoms with E-state index in [2.05, 4.69) is 17.3 Å². The maximum atomic E-state index is 9.21. The number of phenolic OH excluding ortho intramolecular Hbond substituents is 1. The number of nitrogens with zero attached hydrogens (tertiary/aromatic N) is 1. The number of likely N-dealkylation sites (tertiary alicyclic amines) is 1. The first-order valence-electron chi connectivity index (χ1n) is 5.98. The zero-order valence-corrected chi connectivity index (χ0v) is 9.82. The van der Waals surface area contributed by atoms with Crippen LogP contribution >= 0.6 is 0 Å². The van der Waals surface area contributed by atoms with Crippen LogP contribution in [0.3, 0.4) is 0 Å². The van der Waals surface area contributed by atoms with Crippen LogP contribution in [0.25, 0.3) is 0 Å². The first kappa shape index (κ1) is 11.3. The Kier molecular flexibility index (Phi) is 3.67. The van der Waals surface area contributed by atoms with Crippen LogP contribution in [0.1, 0.15) is 19.3 Å². The molecule has 0 spiro atoms. The van der Waals surface area contributed by atoms with Crippen LogP contribution in [0.15, 0.2) is 24.3 Å². The molecule has 1 aliphatic heterocycles. The quantitative estimate of drug-likeness (QED) is 0.751. The van der Waals surface area contributed by atoms with E-state index in [1.54, 1.807) is 12.1 Å². The minimum atomic E-state index is 0.325. The van der Waals surface area contributed by atoms with E-state index in [0.29, 0.717) is 11.8 Å². The summed E-state index contributed by atoms with van der Waals surface area (Å²) in [6.45, 7) is 2.36. The molecule has 1 aromatic rings. The second-order valence-corrected chi connectivity index (χ2v) is 4.62. The van der Waals surface area contributed by atoms with Gasteiger partial charge in [0.15, 0.2) is 0 Å². The maximum absolute atomic E-state index is 9.21. The topological polar surface area (TPSA) is 35.5 Å². The number of hydrogen-bond acceptors (Lipinski definition) is 3. The smallest absolute Gasteiger partial charge is 0.115 e. The fourth-order valence-corrected chi connectivity index (χ4v) is 2.18. The molecule has 1 heterocycles. The third-order valence-electron chi connectivity index (χ3n) is 3.19. The molecule has 1 aliphatic rings. The summed E-state index contributed by atoms with van der Waals surface area (Å²) in [7, 11) is 2.18. The van der Waals surface area contributed by atoms with Crippen molar-refractivity contribution >= 4 is 5.69 Å². The van der Waals surface area contributed by atoms with E-state index in [1.807, 2.05) is 12.1 Å². The molecule has 2 rings (SSSR count). The summed E-state index contributed by atoms with van der Waals surface area (Å²) in [6.07, 6.45) is 3.68. The highest BCUT2D eigenvalue weighted by atomic mass is 16.3. The predicted octanol–water partition coefficient (Wildman–Crippen LogP) is 2.29. The van der Waals surface area contributed by atoms with E-state index < -0.39 is 0 Å². The maximum Gasteiger partial charge on any atom is 0.115 e. The molecule has 0 saturated carbocycles. The standard InChI is InChI=1S/C13H20N2O/c1-15-9-2-3-11(8-10-15)14-12-4-6-13(16)7-5-12/h4-7,11,14,16H,2-3,8-10H2,1H3. The Bertz CT molecular complexity index is 323. The minimum Gasteiger partial charge on any atom is -0.508 e. The molecule has 1 aromatic carbocycles. The van der Waals surface area contributed by atoms with E-state index in [-0.39, 0.29) is 0 Å². The molecule has 0 aromatic heterocycles. The fourth-order valence-electron chi connectivity index (χ4n) is 2.18. The monoisotopic (exact) mass is 220 g/mol. The van der Waals surface area contributed by atoms with Gasteiger partial charge in [0.05, 0.1) is 0 Å². The number of rotatable bonds is 2. The van der Waals surface area contributed by atoms with Gasteiger partial charge >= 0.3 is 0 Å². The van der Waals surface area contributed by atoms with E-state index >= 15 is 0 Å². The van der Waals surface area contributed by atoms with Crippen molar-refractivity contribution in [3.8, 4) is 5.75 Å². The number of aromatic hydroxyl groups is 1.